The maximum absolute atomic E-state index is 6.14. The maximum atomic E-state index is 6.14. The molecule has 16 heavy (non-hydrogen) atoms. The van der Waals surface area contributed by atoms with Gasteiger partial charge in [0.1, 0.15) is 0 Å². The second kappa shape index (κ2) is 5.04. The minimum atomic E-state index is 0.300. The lowest BCUT2D eigenvalue weighted by Crippen LogP contribution is -2.40. The quantitative estimate of drug-likeness (QED) is 0.805. The van der Waals surface area contributed by atoms with E-state index >= 15 is 0 Å². The Morgan fingerprint density at radius 3 is 3.12 bits per heavy atom. The molecule has 1 aromatic carbocycles. The molecule has 2 rings (SSSR count). The highest BCUT2D eigenvalue weighted by Gasteiger charge is 2.17. The zero-order valence-corrected chi connectivity index (χ0v) is 10.2. The summed E-state index contributed by atoms with van der Waals surface area (Å²) >= 11 is 6.14. The van der Waals surface area contributed by atoms with Gasteiger partial charge in [-0.1, -0.05) is 11.6 Å². The zero-order chi connectivity index (χ0) is 11.5. The van der Waals surface area contributed by atoms with E-state index in [2.05, 4.69) is 11.8 Å². The normalized spacial score (nSPS) is 22.2. The highest BCUT2D eigenvalue weighted by molar-refractivity contribution is 6.31. The second-order valence-electron chi connectivity index (χ2n) is 4.27. The van der Waals surface area contributed by atoms with Gasteiger partial charge in [0, 0.05) is 30.3 Å². The Morgan fingerprint density at radius 2 is 2.38 bits per heavy atom. The first-order valence-corrected chi connectivity index (χ1v) is 5.91. The SMILES string of the molecule is CC1CN(Cc2cc(N)ccc2Cl)CCO1. The summed E-state index contributed by atoms with van der Waals surface area (Å²) in [5, 5.41) is 0.786. The summed E-state index contributed by atoms with van der Waals surface area (Å²) in [6, 6.07) is 5.63. The van der Waals surface area contributed by atoms with Gasteiger partial charge in [0.25, 0.3) is 0 Å². The number of hydrogen-bond acceptors (Lipinski definition) is 3. The summed E-state index contributed by atoms with van der Waals surface area (Å²) in [5.41, 5.74) is 7.62. The van der Waals surface area contributed by atoms with E-state index in [1.165, 1.54) is 0 Å². The van der Waals surface area contributed by atoms with Gasteiger partial charge in [-0.3, -0.25) is 4.90 Å². The van der Waals surface area contributed by atoms with Crippen molar-refractivity contribution >= 4 is 17.3 Å². The minimum Gasteiger partial charge on any atom is -0.399 e. The molecule has 0 spiro atoms. The Morgan fingerprint density at radius 1 is 1.56 bits per heavy atom. The van der Waals surface area contributed by atoms with Crippen LogP contribution in [0.4, 0.5) is 5.69 Å². The molecule has 1 aliphatic heterocycles. The number of nitrogens with two attached hydrogens (primary N) is 1. The number of ether oxygens (including phenoxy) is 1. The molecule has 0 bridgehead atoms. The van der Waals surface area contributed by atoms with E-state index in [4.69, 9.17) is 22.1 Å². The van der Waals surface area contributed by atoms with Crippen molar-refractivity contribution in [3.63, 3.8) is 0 Å². The monoisotopic (exact) mass is 240 g/mol. The largest absolute Gasteiger partial charge is 0.399 e. The number of hydrogen-bond donors (Lipinski definition) is 1. The van der Waals surface area contributed by atoms with Crippen molar-refractivity contribution in [2.45, 2.75) is 19.6 Å². The van der Waals surface area contributed by atoms with Crippen LogP contribution >= 0.6 is 11.6 Å². The molecule has 0 amide bonds. The molecule has 1 fully saturated rings. The number of anilines is 1. The number of morpholine rings is 1. The highest BCUT2D eigenvalue weighted by Crippen LogP contribution is 2.21. The van der Waals surface area contributed by atoms with Crippen LogP contribution in [0, 0.1) is 0 Å². The predicted molar refractivity (Wildman–Crippen MR) is 66.6 cm³/mol. The first-order chi connectivity index (χ1) is 7.65. The molecule has 1 unspecified atom stereocenters. The fourth-order valence-corrected chi connectivity index (χ4v) is 2.17. The summed E-state index contributed by atoms with van der Waals surface area (Å²) in [7, 11) is 0. The number of nitrogens with zero attached hydrogens (tertiary/aromatic N) is 1. The summed E-state index contributed by atoms with van der Waals surface area (Å²) in [4.78, 5) is 2.34. The van der Waals surface area contributed by atoms with E-state index < -0.39 is 0 Å². The third-order valence-electron chi connectivity index (χ3n) is 2.79. The molecule has 4 heteroatoms. The van der Waals surface area contributed by atoms with E-state index in [0.717, 1.165) is 42.5 Å². The molecule has 1 heterocycles. The molecule has 88 valence electrons. The smallest absolute Gasteiger partial charge is 0.0674 e. The predicted octanol–water partition coefficient (Wildman–Crippen LogP) is 2.14. The van der Waals surface area contributed by atoms with Crippen LogP contribution < -0.4 is 5.73 Å². The average molecular weight is 241 g/mol. The first kappa shape index (κ1) is 11.7. The topological polar surface area (TPSA) is 38.5 Å². The van der Waals surface area contributed by atoms with Crippen molar-refractivity contribution in [3.8, 4) is 0 Å². The van der Waals surface area contributed by atoms with E-state index in [0.29, 0.717) is 6.10 Å². The van der Waals surface area contributed by atoms with Crippen LogP contribution in [-0.2, 0) is 11.3 Å². The third-order valence-corrected chi connectivity index (χ3v) is 3.16. The van der Waals surface area contributed by atoms with Crippen molar-refractivity contribution in [1.82, 2.24) is 4.90 Å². The number of nitrogen functional groups attached to an aromatic ring is 1. The minimum absolute atomic E-state index is 0.300. The van der Waals surface area contributed by atoms with Crippen LogP contribution in [0.25, 0.3) is 0 Å². The van der Waals surface area contributed by atoms with Gasteiger partial charge in [-0.2, -0.15) is 0 Å². The summed E-state index contributed by atoms with van der Waals surface area (Å²) in [6.07, 6.45) is 0.300. The molecule has 0 aromatic heterocycles. The van der Waals surface area contributed by atoms with Crippen molar-refractivity contribution < 1.29 is 4.74 Å². The lowest BCUT2D eigenvalue weighted by molar-refractivity contribution is -0.0211. The Bertz CT molecular complexity index is 370. The lowest BCUT2D eigenvalue weighted by atomic mass is 10.1. The summed E-state index contributed by atoms with van der Waals surface area (Å²) < 4.78 is 5.50. The molecule has 1 aliphatic rings. The zero-order valence-electron chi connectivity index (χ0n) is 9.45. The molecule has 2 N–H and O–H groups in total. The molecule has 1 saturated heterocycles. The fourth-order valence-electron chi connectivity index (χ4n) is 1.99. The second-order valence-corrected chi connectivity index (χ2v) is 4.67. The number of benzene rings is 1. The molecular formula is C12H17ClN2O. The van der Waals surface area contributed by atoms with Gasteiger partial charge >= 0.3 is 0 Å². The van der Waals surface area contributed by atoms with E-state index in [-0.39, 0.29) is 0 Å². The van der Waals surface area contributed by atoms with Crippen LogP contribution in [0.15, 0.2) is 18.2 Å². The van der Waals surface area contributed by atoms with Crippen molar-refractivity contribution in [2.24, 2.45) is 0 Å². The molecule has 0 aliphatic carbocycles. The molecule has 0 saturated carbocycles. The number of halogens is 1. The van der Waals surface area contributed by atoms with Gasteiger partial charge in [-0.25, -0.2) is 0 Å². The summed E-state index contributed by atoms with van der Waals surface area (Å²) in [6.45, 7) is 5.63. The Labute approximate surface area is 101 Å². The Hall–Kier alpha value is -0.770. The molecule has 1 atom stereocenters. The van der Waals surface area contributed by atoms with Crippen molar-refractivity contribution in [2.75, 3.05) is 25.4 Å². The summed E-state index contributed by atoms with van der Waals surface area (Å²) in [5.74, 6) is 0. The van der Waals surface area contributed by atoms with Crippen molar-refractivity contribution in [3.05, 3.63) is 28.8 Å². The van der Waals surface area contributed by atoms with Crippen LogP contribution in [0.2, 0.25) is 5.02 Å². The fraction of sp³-hybridized carbons (Fsp3) is 0.500. The molecule has 3 nitrogen and oxygen atoms in total. The standard InChI is InChI=1S/C12H17ClN2O/c1-9-7-15(4-5-16-9)8-10-6-11(14)2-3-12(10)13/h2-3,6,9H,4-5,7-8,14H2,1H3. The highest BCUT2D eigenvalue weighted by atomic mass is 35.5. The molecular weight excluding hydrogens is 224 g/mol. The average Bonchev–Trinajstić information content (AvgIpc) is 2.24. The van der Waals surface area contributed by atoms with Crippen LogP contribution in [-0.4, -0.2) is 30.7 Å². The Kier molecular flexibility index (Phi) is 3.69. The van der Waals surface area contributed by atoms with Gasteiger partial charge in [0.15, 0.2) is 0 Å². The van der Waals surface area contributed by atoms with Gasteiger partial charge in [-0.15, -0.1) is 0 Å². The Balaban J connectivity index is 2.05. The van der Waals surface area contributed by atoms with E-state index in [9.17, 15) is 0 Å². The molecule has 0 radical (unpaired) electrons. The third kappa shape index (κ3) is 2.88. The van der Waals surface area contributed by atoms with Crippen molar-refractivity contribution in [1.29, 1.82) is 0 Å². The number of rotatable bonds is 2. The van der Waals surface area contributed by atoms with Crippen LogP contribution in [0.1, 0.15) is 12.5 Å². The molecule has 1 aromatic rings. The van der Waals surface area contributed by atoms with Gasteiger partial charge in [-0.05, 0) is 30.7 Å². The maximum Gasteiger partial charge on any atom is 0.0674 e. The van der Waals surface area contributed by atoms with Gasteiger partial charge < -0.3 is 10.5 Å². The van der Waals surface area contributed by atoms with Crippen LogP contribution in [0.3, 0.4) is 0 Å². The lowest BCUT2D eigenvalue weighted by Gasteiger charge is -2.31. The van der Waals surface area contributed by atoms with Gasteiger partial charge in [0.05, 0.1) is 12.7 Å². The van der Waals surface area contributed by atoms with E-state index in [1.807, 2.05) is 18.2 Å². The van der Waals surface area contributed by atoms with Crippen LogP contribution in [0.5, 0.6) is 0 Å². The van der Waals surface area contributed by atoms with E-state index in [1.54, 1.807) is 0 Å². The first-order valence-electron chi connectivity index (χ1n) is 5.53. The van der Waals surface area contributed by atoms with Gasteiger partial charge in [0.2, 0.25) is 0 Å².